The predicted octanol–water partition coefficient (Wildman–Crippen LogP) is 4.14. The SMILES string of the molecule is C=CCCCCCOc1cc(C)ccc1C(C)N. The maximum Gasteiger partial charge on any atom is 0.124 e. The average molecular weight is 247 g/mol. The van der Waals surface area contributed by atoms with Gasteiger partial charge in [0.05, 0.1) is 6.61 Å². The van der Waals surface area contributed by atoms with Crippen LogP contribution in [0, 0.1) is 6.92 Å². The van der Waals surface area contributed by atoms with E-state index >= 15 is 0 Å². The van der Waals surface area contributed by atoms with Crippen molar-refractivity contribution in [3.63, 3.8) is 0 Å². The molecule has 0 bridgehead atoms. The Balaban J connectivity index is 2.45. The van der Waals surface area contributed by atoms with Crippen molar-refractivity contribution in [1.29, 1.82) is 0 Å². The predicted molar refractivity (Wildman–Crippen MR) is 77.9 cm³/mol. The van der Waals surface area contributed by atoms with Crippen LogP contribution in [0.3, 0.4) is 0 Å². The van der Waals surface area contributed by atoms with E-state index in [9.17, 15) is 0 Å². The molecular formula is C16H25NO. The van der Waals surface area contributed by atoms with Crippen molar-refractivity contribution in [2.45, 2.75) is 45.6 Å². The largest absolute Gasteiger partial charge is 0.493 e. The Bertz CT molecular complexity index is 371. The zero-order chi connectivity index (χ0) is 13.4. The number of ether oxygens (including phenoxy) is 1. The minimum Gasteiger partial charge on any atom is -0.493 e. The maximum atomic E-state index is 5.94. The van der Waals surface area contributed by atoms with Crippen molar-refractivity contribution in [2.75, 3.05) is 6.61 Å². The highest BCUT2D eigenvalue weighted by molar-refractivity contribution is 5.38. The molecule has 0 saturated heterocycles. The van der Waals surface area contributed by atoms with E-state index in [2.05, 4.69) is 31.7 Å². The molecule has 2 nitrogen and oxygen atoms in total. The molecule has 0 spiro atoms. The van der Waals surface area contributed by atoms with Gasteiger partial charge in [-0.25, -0.2) is 0 Å². The normalized spacial score (nSPS) is 12.2. The lowest BCUT2D eigenvalue weighted by Gasteiger charge is -2.14. The minimum atomic E-state index is 0.0152. The summed E-state index contributed by atoms with van der Waals surface area (Å²) in [4.78, 5) is 0. The van der Waals surface area contributed by atoms with E-state index in [1.165, 1.54) is 18.4 Å². The lowest BCUT2D eigenvalue weighted by molar-refractivity contribution is 0.301. The zero-order valence-corrected chi connectivity index (χ0v) is 11.6. The minimum absolute atomic E-state index is 0.0152. The van der Waals surface area contributed by atoms with Gasteiger partial charge in [-0.2, -0.15) is 0 Å². The number of nitrogens with two attached hydrogens (primary N) is 1. The van der Waals surface area contributed by atoms with Crippen molar-refractivity contribution in [3.05, 3.63) is 42.0 Å². The summed E-state index contributed by atoms with van der Waals surface area (Å²) in [5.74, 6) is 0.939. The highest BCUT2D eigenvalue weighted by Crippen LogP contribution is 2.25. The molecule has 18 heavy (non-hydrogen) atoms. The number of hydrogen-bond donors (Lipinski definition) is 1. The van der Waals surface area contributed by atoms with Gasteiger partial charge in [-0.05, 0) is 51.2 Å². The summed E-state index contributed by atoms with van der Waals surface area (Å²) < 4.78 is 5.85. The second-order valence-corrected chi connectivity index (χ2v) is 4.82. The van der Waals surface area contributed by atoms with Crippen LogP contribution in [0.5, 0.6) is 5.75 Å². The first-order valence-corrected chi connectivity index (χ1v) is 6.75. The molecule has 0 radical (unpaired) electrons. The topological polar surface area (TPSA) is 35.2 Å². The fraction of sp³-hybridized carbons (Fsp3) is 0.500. The molecule has 0 aliphatic heterocycles. The Morgan fingerprint density at radius 3 is 2.78 bits per heavy atom. The van der Waals surface area contributed by atoms with E-state index < -0.39 is 0 Å². The smallest absolute Gasteiger partial charge is 0.124 e. The third kappa shape index (κ3) is 4.92. The third-order valence-corrected chi connectivity index (χ3v) is 2.97. The first-order chi connectivity index (χ1) is 8.65. The number of allylic oxidation sites excluding steroid dienone is 1. The molecule has 0 aliphatic rings. The molecule has 1 rings (SSSR count). The van der Waals surface area contributed by atoms with E-state index in [1.807, 2.05) is 13.0 Å². The highest BCUT2D eigenvalue weighted by atomic mass is 16.5. The van der Waals surface area contributed by atoms with E-state index in [-0.39, 0.29) is 6.04 Å². The maximum absolute atomic E-state index is 5.94. The Morgan fingerprint density at radius 1 is 1.33 bits per heavy atom. The van der Waals surface area contributed by atoms with Crippen LogP contribution in [0.1, 0.15) is 49.8 Å². The van der Waals surface area contributed by atoms with Crippen molar-refractivity contribution in [3.8, 4) is 5.75 Å². The van der Waals surface area contributed by atoms with Gasteiger partial charge in [0, 0.05) is 11.6 Å². The summed E-state index contributed by atoms with van der Waals surface area (Å²) in [6.07, 6.45) is 6.53. The number of rotatable bonds is 8. The van der Waals surface area contributed by atoms with Crippen LogP contribution in [0.15, 0.2) is 30.9 Å². The fourth-order valence-electron chi connectivity index (χ4n) is 1.89. The summed E-state index contributed by atoms with van der Waals surface area (Å²) in [5, 5.41) is 0. The summed E-state index contributed by atoms with van der Waals surface area (Å²) in [6, 6.07) is 6.23. The molecule has 2 heteroatoms. The summed E-state index contributed by atoms with van der Waals surface area (Å²) in [6.45, 7) is 8.54. The molecule has 1 aromatic carbocycles. The van der Waals surface area contributed by atoms with Crippen molar-refractivity contribution in [2.24, 2.45) is 5.73 Å². The van der Waals surface area contributed by atoms with Gasteiger partial charge in [0.25, 0.3) is 0 Å². The van der Waals surface area contributed by atoms with Gasteiger partial charge in [0.15, 0.2) is 0 Å². The molecule has 0 heterocycles. The van der Waals surface area contributed by atoms with Gasteiger partial charge in [-0.1, -0.05) is 18.2 Å². The lowest BCUT2D eigenvalue weighted by Crippen LogP contribution is -2.09. The summed E-state index contributed by atoms with van der Waals surface area (Å²) in [5.41, 5.74) is 8.24. The van der Waals surface area contributed by atoms with Gasteiger partial charge in [-0.15, -0.1) is 6.58 Å². The Hall–Kier alpha value is -1.28. The van der Waals surface area contributed by atoms with Crippen LogP contribution in [0.4, 0.5) is 0 Å². The van der Waals surface area contributed by atoms with Gasteiger partial charge in [-0.3, -0.25) is 0 Å². The van der Waals surface area contributed by atoms with Crippen LogP contribution in [0.2, 0.25) is 0 Å². The van der Waals surface area contributed by atoms with Gasteiger partial charge >= 0.3 is 0 Å². The molecule has 2 N–H and O–H groups in total. The molecule has 1 unspecified atom stereocenters. The second-order valence-electron chi connectivity index (χ2n) is 4.82. The number of hydrogen-bond acceptors (Lipinski definition) is 2. The molecule has 0 saturated carbocycles. The van der Waals surface area contributed by atoms with E-state index in [0.29, 0.717) is 0 Å². The number of unbranched alkanes of at least 4 members (excludes halogenated alkanes) is 3. The number of aryl methyl sites for hydroxylation is 1. The summed E-state index contributed by atoms with van der Waals surface area (Å²) in [7, 11) is 0. The van der Waals surface area contributed by atoms with Gasteiger partial charge in [0.2, 0.25) is 0 Å². The van der Waals surface area contributed by atoms with Crippen LogP contribution >= 0.6 is 0 Å². The van der Waals surface area contributed by atoms with E-state index in [0.717, 1.165) is 30.8 Å². The molecule has 1 aromatic rings. The van der Waals surface area contributed by atoms with Gasteiger partial charge in [0.1, 0.15) is 5.75 Å². The van der Waals surface area contributed by atoms with Gasteiger partial charge < -0.3 is 10.5 Å². The van der Waals surface area contributed by atoms with Crippen LogP contribution in [0.25, 0.3) is 0 Å². The highest BCUT2D eigenvalue weighted by Gasteiger charge is 2.07. The third-order valence-electron chi connectivity index (χ3n) is 2.97. The Kier molecular flexibility index (Phi) is 6.51. The van der Waals surface area contributed by atoms with Crippen molar-refractivity contribution >= 4 is 0 Å². The quantitative estimate of drug-likeness (QED) is 0.553. The summed E-state index contributed by atoms with van der Waals surface area (Å²) >= 11 is 0. The first kappa shape index (κ1) is 14.8. The molecule has 0 aliphatic carbocycles. The van der Waals surface area contributed by atoms with Crippen LogP contribution in [-0.2, 0) is 0 Å². The lowest BCUT2D eigenvalue weighted by atomic mass is 10.1. The zero-order valence-electron chi connectivity index (χ0n) is 11.6. The standard InChI is InChI=1S/C16H25NO/c1-4-5-6-7-8-11-18-16-12-13(2)9-10-15(16)14(3)17/h4,9-10,12,14H,1,5-8,11,17H2,2-3H3. The monoisotopic (exact) mass is 247 g/mol. The second kappa shape index (κ2) is 7.93. The average Bonchev–Trinajstić information content (AvgIpc) is 2.33. The number of benzene rings is 1. The molecular weight excluding hydrogens is 222 g/mol. The van der Waals surface area contributed by atoms with Crippen LogP contribution in [-0.4, -0.2) is 6.61 Å². The van der Waals surface area contributed by atoms with Crippen molar-refractivity contribution in [1.82, 2.24) is 0 Å². The molecule has 0 fully saturated rings. The van der Waals surface area contributed by atoms with E-state index in [1.54, 1.807) is 0 Å². The first-order valence-electron chi connectivity index (χ1n) is 6.75. The molecule has 0 aromatic heterocycles. The van der Waals surface area contributed by atoms with E-state index in [4.69, 9.17) is 10.5 Å². The Morgan fingerprint density at radius 2 is 2.11 bits per heavy atom. The molecule has 1 atom stereocenters. The fourth-order valence-corrected chi connectivity index (χ4v) is 1.89. The molecule has 100 valence electrons. The van der Waals surface area contributed by atoms with Crippen molar-refractivity contribution < 1.29 is 4.74 Å². The Labute approximate surface area is 111 Å². The van der Waals surface area contributed by atoms with Crippen LogP contribution < -0.4 is 10.5 Å². The molecule has 0 amide bonds.